The third kappa shape index (κ3) is 4.83. The van der Waals surface area contributed by atoms with Gasteiger partial charge in [-0.05, 0) is 34.4 Å². The quantitative estimate of drug-likeness (QED) is 0.212. The summed E-state index contributed by atoms with van der Waals surface area (Å²) in [7, 11) is 0. The number of nitrogens with one attached hydrogen (secondary N) is 1. The van der Waals surface area contributed by atoms with E-state index >= 15 is 0 Å². The van der Waals surface area contributed by atoms with Crippen molar-refractivity contribution in [3.8, 4) is 0 Å². The van der Waals surface area contributed by atoms with Crippen molar-refractivity contribution in [2.45, 2.75) is 43.2 Å². The van der Waals surface area contributed by atoms with Crippen LogP contribution in [-0.4, -0.2) is 73.8 Å². The molecular formula is C26H26ClN9O3. The van der Waals surface area contributed by atoms with Gasteiger partial charge in [-0.15, -0.1) is 10.2 Å². The monoisotopic (exact) mass is 547 g/mol. The zero-order valence-corrected chi connectivity index (χ0v) is 21.4. The van der Waals surface area contributed by atoms with Gasteiger partial charge in [0.25, 0.3) is 0 Å². The van der Waals surface area contributed by atoms with Gasteiger partial charge in [0.15, 0.2) is 22.8 Å². The maximum Gasteiger partial charge on any atom is 0.226 e. The summed E-state index contributed by atoms with van der Waals surface area (Å²) in [5, 5.41) is 46.1. The third-order valence-electron chi connectivity index (χ3n) is 7.16. The molecule has 0 bridgehead atoms. The molecule has 4 N–H and O–H groups in total. The molecule has 39 heavy (non-hydrogen) atoms. The second kappa shape index (κ2) is 10.7. The van der Waals surface area contributed by atoms with E-state index in [4.69, 9.17) is 11.6 Å². The van der Waals surface area contributed by atoms with Gasteiger partial charge in [0.1, 0.15) is 24.9 Å². The molecule has 0 saturated heterocycles. The summed E-state index contributed by atoms with van der Waals surface area (Å²) in [5.74, 6) is 0.647. The first-order valence-corrected chi connectivity index (χ1v) is 12.9. The molecule has 12 nitrogen and oxygen atoms in total. The molecule has 5 aromatic rings. The molecule has 0 aliphatic heterocycles. The summed E-state index contributed by atoms with van der Waals surface area (Å²) < 4.78 is 1.69. The molecule has 6 rings (SSSR count). The molecule has 0 amide bonds. The molecule has 3 aromatic heterocycles. The summed E-state index contributed by atoms with van der Waals surface area (Å²) in [6.07, 6.45) is -0.477. The number of aliphatic hydroxyl groups is 3. The lowest BCUT2D eigenvalue weighted by atomic mass is 9.91. The van der Waals surface area contributed by atoms with Crippen LogP contribution in [-0.2, 0) is 6.61 Å². The van der Waals surface area contributed by atoms with Crippen molar-refractivity contribution in [2.24, 2.45) is 0 Å². The lowest BCUT2D eigenvalue weighted by molar-refractivity contribution is 0.00469. The van der Waals surface area contributed by atoms with E-state index in [0.29, 0.717) is 23.5 Å². The fourth-order valence-corrected chi connectivity index (χ4v) is 5.37. The van der Waals surface area contributed by atoms with Crippen LogP contribution in [0.3, 0.4) is 0 Å². The van der Waals surface area contributed by atoms with E-state index in [2.05, 4.69) is 59.9 Å². The second-order valence-electron chi connectivity index (χ2n) is 9.46. The highest BCUT2D eigenvalue weighted by Crippen LogP contribution is 2.39. The van der Waals surface area contributed by atoms with E-state index < -0.39 is 24.3 Å². The zero-order chi connectivity index (χ0) is 26.9. The lowest BCUT2D eigenvalue weighted by Gasteiger charge is -2.20. The third-order valence-corrected chi connectivity index (χ3v) is 7.33. The van der Waals surface area contributed by atoms with Crippen molar-refractivity contribution in [1.29, 1.82) is 0 Å². The van der Waals surface area contributed by atoms with Gasteiger partial charge >= 0.3 is 0 Å². The number of nitrogens with zero attached hydrogens (tertiary/aromatic N) is 8. The van der Waals surface area contributed by atoms with Gasteiger partial charge in [0.2, 0.25) is 5.28 Å². The number of aliphatic hydroxyl groups excluding tert-OH is 3. The average molecular weight is 548 g/mol. The molecule has 0 unspecified atom stereocenters. The van der Waals surface area contributed by atoms with Gasteiger partial charge < -0.3 is 25.2 Å². The molecule has 1 aliphatic rings. The number of hydrogen-bond acceptors (Lipinski definition) is 10. The summed E-state index contributed by atoms with van der Waals surface area (Å²) in [4.78, 5) is 14.6. The Morgan fingerprint density at radius 1 is 0.949 bits per heavy atom. The van der Waals surface area contributed by atoms with Gasteiger partial charge in [-0.1, -0.05) is 60.7 Å². The number of fused-ring (bicyclic) bond motifs is 1. The Bertz CT molecular complexity index is 1520. The Labute approximate surface area is 227 Å². The molecule has 3 heterocycles. The molecule has 200 valence electrons. The van der Waals surface area contributed by atoms with E-state index in [-0.39, 0.29) is 30.1 Å². The van der Waals surface area contributed by atoms with Crippen LogP contribution in [0.5, 0.6) is 0 Å². The van der Waals surface area contributed by atoms with Crippen molar-refractivity contribution >= 4 is 28.6 Å². The van der Waals surface area contributed by atoms with Crippen LogP contribution in [0.15, 0.2) is 67.0 Å². The number of halogens is 1. The van der Waals surface area contributed by atoms with Crippen LogP contribution >= 0.6 is 11.6 Å². The fourth-order valence-electron chi connectivity index (χ4n) is 5.20. The highest BCUT2D eigenvalue weighted by Gasteiger charge is 2.45. The molecule has 1 aliphatic carbocycles. The second-order valence-corrected chi connectivity index (χ2v) is 9.79. The first kappa shape index (κ1) is 25.3. The van der Waals surface area contributed by atoms with Crippen LogP contribution in [0.4, 0.5) is 5.82 Å². The van der Waals surface area contributed by atoms with E-state index in [0.717, 1.165) is 11.1 Å². The predicted molar refractivity (Wildman–Crippen MR) is 142 cm³/mol. The van der Waals surface area contributed by atoms with E-state index in [1.165, 1.54) is 4.80 Å². The number of tetrazole rings is 1. The normalized spacial score (nSPS) is 21.2. The number of hydrogen-bond donors (Lipinski definition) is 4. The predicted octanol–water partition coefficient (Wildman–Crippen LogP) is 2.11. The Kier molecular flexibility index (Phi) is 6.92. The maximum atomic E-state index is 10.9. The minimum atomic E-state index is -1.17. The molecule has 0 radical (unpaired) electrons. The smallest absolute Gasteiger partial charge is 0.226 e. The van der Waals surface area contributed by atoms with Gasteiger partial charge in [0, 0.05) is 12.5 Å². The molecule has 4 atom stereocenters. The molecule has 0 spiro atoms. The average Bonchev–Trinajstić information content (AvgIpc) is 3.68. The Morgan fingerprint density at radius 3 is 2.26 bits per heavy atom. The summed E-state index contributed by atoms with van der Waals surface area (Å²) >= 11 is 6.35. The van der Waals surface area contributed by atoms with E-state index in [1.54, 1.807) is 10.9 Å². The Balaban J connectivity index is 1.30. The molecule has 1 saturated carbocycles. The first-order chi connectivity index (χ1) is 19.0. The minimum Gasteiger partial charge on any atom is -0.388 e. The van der Waals surface area contributed by atoms with Crippen molar-refractivity contribution in [2.75, 3.05) is 11.9 Å². The molecular weight excluding hydrogens is 522 g/mol. The maximum absolute atomic E-state index is 10.9. The van der Waals surface area contributed by atoms with Gasteiger partial charge in [0.05, 0.1) is 12.4 Å². The van der Waals surface area contributed by atoms with E-state index in [9.17, 15) is 15.3 Å². The van der Waals surface area contributed by atoms with Crippen molar-refractivity contribution in [1.82, 2.24) is 39.7 Å². The van der Waals surface area contributed by atoms with Crippen molar-refractivity contribution < 1.29 is 15.3 Å². The van der Waals surface area contributed by atoms with Crippen LogP contribution in [0.25, 0.3) is 11.2 Å². The van der Waals surface area contributed by atoms with Gasteiger partial charge in [-0.3, -0.25) is 0 Å². The van der Waals surface area contributed by atoms with Crippen molar-refractivity contribution in [3.63, 3.8) is 0 Å². The van der Waals surface area contributed by atoms with Crippen LogP contribution in [0.2, 0.25) is 5.28 Å². The van der Waals surface area contributed by atoms with Crippen LogP contribution in [0.1, 0.15) is 41.4 Å². The number of rotatable bonds is 8. The van der Waals surface area contributed by atoms with E-state index in [1.807, 2.05) is 36.4 Å². The van der Waals surface area contributed by atoms with Crippen LogP contribution in [0, 0.1) is 0 Å². The number of benzene rings is 2. The minimum absolute atomic E-state index is 0.0258. The highest BCUT2D eigenvalue weighted by molar-refractivity contribution is 6.28. The first-order valence-electron chi connectivity index (χ1n) is 12.5. The molecule has 2 aromatic carbocycles. The summed E-state index contributed by atoms with van der Waals surface area (Å²) in [6, 6.07) is 19.2. The molecule has 13 heteroatoms. The standard InChI is InChI=1S/C26H26ClN9O3/c27-26-30-24(28-12-17(15-7-3-1-4-8-15)16-9-5-2-6-10-16)21-25(31-26)35(14-29-21)18-11-19(23(39)22(18)38)36-33-20(13-37)32-34-36/h1-10,14,17-19,22-23,37-39H,11-13H2,(H,28,30,31)/t18-,19+,22+,23-/m1/s1. The fraction of sp³-hybridized carbons (Fsp3) is 0.308. The topological polar surface area (TPSA) is 160 Å². The Hall–Kier alpha value is -3.97. The SMILES string of the molecule is OCc1nnn([C@H]2C[C@@H](n3cnc4c(NCC(c5ccccc5)c5ccccc5)nc(Cl)nc43)[C@H](O)[C@@H]2O)n1. The largest absolute Gasteiger partial charge is 0.388 e. The zero-order valence-electron chi connectivity index (χ0n) is 20.7. The number of imidazole rings is 1. The van der Waals surface area contributed by atoms with Gasteiger partial charge in [-0.25, -0.2) is 4.98 Å². The summed E-state index contributed by atoms with van der Waals surface area (Å²) in [6.45, 7) is 0.156. The molecule has 1 fully saturated rings. The van der Waals surface area contributed by atoms with Crippen molar-refractivity contribution in [3.05, 3.63) is 89.2 Å². The van der Waals surface area contributed by atoms with Gasteiger partial charge in [-0.2, -0.15) is 14.8 Å². The summed E-state index contributed by atoms with van der Waals surface area (Å²) in [5.41, 5.74) is 3.22. The highest BCUT2D eigenvalue weighted by atomic mass is 35.5. The Morgan fingerprint density at radius 2 is 1.62 bits per heavy atom. The lowest BCUT2D eigenvalue weighted by Crippen LogP contribution is -2.31. The van der Waals surface area contributed by atoms with Crippen LogP contribution < -0.4 is 5.32 Å². The number of aromatic nitrogens is 8. The number of anilines is 1.